The number of anilines is 1. The maximum Gasteiger partial charge on any atom is 0.239 e. The van der Waals surface area contributed by atoms with Crippen LogP contribution in [0.2, 0.25) is 10.0 Å². The van der Waals surface area contributed by atoms with Gasteiger partial charge in [-0.2, -0.15) is 10.2 Å². The van der Waals surface area contributed by atoms with Crippen LogP contribution >= 0.6 is 23.2 Å². The van der Waals surface area contributed by atoms with E-state index in [1.807, 2.05) is 12.1 Å². The van der Waals surface area contributed by atoms with Gasteiger partial charge in [0.25, 0.3) is 0 Å². The summed E-state index contributed by atoms with van der Waals surface area (Å²) in [5.41, 5.74) is 8.23. The summed E-state index contributed by atoms with van der Waals surface area (Å²) in [5.74, 6) is 0.816. The Morgan fingerprint density at radius 3 is 2.48 bits per heavy atom. The average Bonchev–Trinajstić information content (AvgIpc) is 2.92. The Morgan fingerprint density at radius 2 is 1.87 bits per heavy atom. The van der Waals surface area contributed by atoms with Crippen molar-refractivity contribution in [2.75, 3.05) is 5.73 Å². The molecule has 0 saturated carbocycles. The normalized spacial score (nSPS) is 10.5. The molecule has 0 atom stereocenters. The fourth-order valence-electron chi connectivity index (χ4n) is 2.37. The van der Waals surface area contributed by atoms with E-state index < -0.39 is 0 Å². The Hall–Kier alpha value is -2.55. The number of aromatic amines is 1. The molecule has 23 heavy (non-hydrogen) atoms. The van der Waals surface area contributed by atoms with Gasteiger partial charge in [-0.05, 0) is 23.8 Å². The van der Waals surface area contributed by atoms with E-state index in [1.165, 1.54) is 0 Å². The molecule has 0 aliphatic rings. The van der Waals surface area contributed by atoms with Gasteiger partial charge in [0.2, 0.25) is 5.95 Å². The number of hydrogen-bond acceptors (Lipinski definition) is 4. The van der Waals surface area contributed by atoms with Gasteiger partial charge in [0.15, 0.2) is 0 Å². The number of benzene rings is 2. The number of H-pyrrole nitrogens is 1. The van der Waals surface area contributed by atoms with Crippen molar-refractivity contribution in [2.24, 2.45) is 0 Å². The van der Waals surface area contributed by atoms with Crippen LogP contribution in [0.25, 0.3) is 11.1 Å². The largest absolute Gasteiger partial charge is 0.367 e. The summed E-state index contributed by atoms with van der Waals surface area (Å²) < 4.78 is 0. The summed E-state index contributed by atoms with van der Waals surface area (Å²) >= 11 is 12.8. The minimum absolute atomic E-state index is 0.191. The van der Waals surface area contributed by atoms with Gasteiger partial charge in [-0.3, -0.25) is 5.10 Å². The lowest BCUT2D eigenvalue weighted by molar-refractivity contribution is 0.973. The first-order valence-electron chi connectivity index (χ1n) is 6.72. The van der Waals surface area contributed by atoms with Gasteiger partial charge in [0.05, 0.1) is 21.7 Å². The zero-order valence-corrected chi connectivity index (χ0v) is 13.4. The lowest BCUT2D eigenvalue weighted by Crippen LogP contribution is -1.94. The van der Waals surface area contributed by atoms with Gasteiger partial charge in [-0.15, -0.1) is 5.10 Å². The molecule has 2 aromatic carbocycles. The summed E-state index contributed by atoms with van der Waals surface area (Å²) in [6, 6.07) is 12.9. The second kappa shape index (κ2) is 6.29. The predicted octanol–water partition coefficient (Wildman–Crippen LogP) is 3.82. The van der Waals surface area contributed by atoms with Gasteiger partial charge in [0, 0.05) is 17.5 Å². The highest BCUT2D eigenvalue weighted by Gasteiger charge is 2.14. The third kappa shape index (κ3) is 3.14. The molecular formula is C16H11Cl2N5. The summed E-state index contributed by atoms with van der Waals surface area (Å²) in [7, 11) is 0. The average molecular weight is 344 g/mol. The van der Waals surface area contributed by atoms with Crippen molar-refractivity contribution >= 4 is 29.2 Å². The summed E-state index contributed by atoms with van der Waals surface area (Å²) in [5, 5.41) is 16.7. The molecule has 0 aliphatic carbocycles. The fraction of sp³-hybridized carbons (Fsp3) is 0.0625. The second-order valence-electron chi connectivity index (χ2n) is 4.91. The van der Waals surface area contributed by atoms with Crippen molar-refractivity contribution in [1.29, 1.82) is 5.26 Å². The summed E-state index contributed by atoms with van der Waals surface area (Å²) in [6.07, 6.45) is 0.476. The predicted molar refractivity (Wildman–Crippen MR) is 90.2 cm³/mol. The van der Waals surface area contributed by atoms with Gasteiger partial charge in [-0.1, -0.05) is 41.4 Å². The highest BCUT2D eigenvalue weighted by atomic mass is 35.5. The van der Waals surface area contributed by atoms with E-state index in [2.05, 4.69) is 21.3 Å². The quantitative estimate of drug-likeness (QED) is 0.755. The molecule has 0 bridgehead atoms. The molecule has 0 radical (unpaired) electrons. The van der Waals surface area contributed by atoms with Crippen molar-refractivity contribution < 1.29 is 0 Å². The number of nitrogen functional groups attached to an aromatic ring is 1. The van der Waals surface area contributed by atoms with E-state index >= 15 is 0 Å². The standard InChI is InChI=1S/C16H11Cl2N5/c17-12-5-9(7-14-21-16(20)23-22-14)6-13(18)15(12)11-4-2-1-3-10(11)8-19/h1-6H,7H2,(H3,20,21,22,23). The number of rotatable bonds is 3. The van der Waals surface area contributed by atoms with E-state index in [4.69, 9.17) is 28.9 Å². The molecule has 5 nitrogen and oxygen atoms in total. The molecular weight excluding hydrogens is 333 g/mol. The van der Waals surface area contributed by atoms with Crippen LogP contribution in [0.5, 0.6) is 0 Å². The molecule has 0 amide bonds. The van der Waals surface area contributed by atoms with Gasteiger partial charge < -0.3 is 5.73 Å². The van der Waals surface area contributed by atoms with E-state index in [9.17, 15) is 5.26 Å². The van der Waals surface area contributed by atoms with Crippen molar-refractivity contribution in [3.63, 3.8) is 0 Å². The highest BCUT2D eigenvalue weighted by Crippen LogP contribution is 2.37. The number of halogens is 2. The third-order valence-electron chi connectivity index (χ3n) is 3.34. The topological polar surface area (TPSA) is 91.4 Å². The molecule has 0 saturated heterocycles. The number of aromatic nitrogens is 3. The van der Waals surface area contributed by atoms with E-state index in [-0.39, 0.29) is 5.95 Å². The molecule has 0 fully saturated rings. The van der Waals surface area contributed by atoms with Crippen LogP contribution in [-0.2, 0) is 6.42 Å². The molecule has 114 valence electrons. The fourth-order valence-corrected chi connectivity index (χ4v) is 3.10. The number of nitrogens with zero attached hydrogens (tertiary/aromatic N) is 3. The van der Waals surface area contributed by atoms with E-state index in [0.29, 0.717) is 39.0 Å². The first-order chi connectivity index (χ1) is 11.1. The molecule has 3 aromatic rings. The lowest BCUT2D eigenvalue weighted by atomic mass is 9.98. The SMILES string of the molecule is N#Cc1ccccc1-c1c(Cl)cc(Cc2nc(N)n[nH]2)cc1Cl. The molecule has 0 unspecified atom stereocenters. The van der Waals surface area contributed by atoms with Crippen LogP contribution in [0.1, 0.15) is 17.0 Å². The lowest BCUT2D eigenvalue weighted by Gasteiger charge is -2.11. The molecule has 1 aromatic heterocycles. The Balaban J connectivity index is 2.03. The van der Waals surface area contributed by atoms with Crippen molar-refractivity contribution in [3.8, 4) is 17.2 Å². The van der Waals surface area contributed by atoms with Crippen LogP contribution in [0, 0.1) is 11.3 Å². The summed E-state index contributed by atoms with van der Waals surface area (Å²) in [6.45, 7) is 0. The minimum Gasteiger partial charge on any atom is -0.367 e. The Bertz CT molecular complexity index is 888. The monoisotopic (exact) mass is 343 g/mol. The van der Waals surface area contributed by atoms with Crippen LogP contribution in [-0.4, -0.2) is 15.2 Å². The highest BCUT2D eigenvalue weighted by molar-refractivity contribution is 6.39. The maximum atomic E-state index is 9.25. The number of nitrogens with two attached hydrogens (primary N) is 1. The minimum atomic E-state index is 0.191. The first kappa shape index (κ1) is 15.3. The molecule has 1 heterocycles. The van der Waals surface area contributed by atoms with E-state index in [0.717, 1.165) is 5.56 Å². The number of nitriles is 1. The van der Waals surface area contributed by atoms with Crippen LogP contribution < -0.4 is 5.73 Å². The van der Waals surface area contributed by atoms with Crippen molar-refractivity contribution in [2.45, 2.75) is 6.42 Å². The van der Waals surface area contributed by atoms with Crippen LogP contribution in [0.4, 0.5) is 5.95 Å². The molecule has 7 heteroatoms. The Morgan fingerprint density at radius 1 is 1.17 bits per heavy atom. The third-order valence-corrected chi connectivity index (χ3v) is 3.94. The summed E-state index contributed by atoms with van der Waals surface area (Å²) in [4.78, 5) is 4.06. The van der Waals surface area contributed by atoms with Crippen molar-refractivity contribution in [1.82, 2.24) is 15.2 Å². The van der Waals surface area contributed by atoms with Crippen LogP contribution in [0.3, 0.4) is 0 Å². The van der Waals surface area contributed by atoms with Gasteiger partial charge in [0.1, 0.15) is 5.82 Å². The molecule has 0 spiro atoms. The molecule has 3 N–H and O–H groups in total. The Labute approximate surface area is 142 Å². The second-order valence-corrected chi connectivity index (χ2v) is 5.72. The van der Waals surface area contributed by atoms with E-state index in [1.54, 1.807) is 24.3 Å². The zero-order chi connectivity index (χ0) is 16.4. The smallest absolute Gasteiger partial charge is 0.239 e. The number of nitrogens with one attached hydrogen (secondary N) is 1. The first-order valence-corrected chi connectivity index (χ1v) is 7.48. The Kier molecular flexibility index (Phi) is 4.20. The zero-order valence-electron chi connectivity index (χ0n) is 11.8. The van der Waals surface area contributed by atoms with Gasteiger partial charge >= 0.3 is 0 Å². The molecule has 0 aliphatic heterocycles. The van der Waals surface area contributed by atoms with Gasteiger partial charge in [-0.25, -0.2) is 0 Å². The maximum absolute atomic E-state index is 9.25. The van der Waals surface area contributed by atoms with Crippen LogP contribution in [0.15, 0.2) is 36.4 Å². The molecule has 3 rings (SSSR count). The number of hydrogen-bond donors (Lipinski definition) is 2. The van der Waals surface area contributed by atoms with Crippen molar-refractivity contribution in [3.05, 3.63) is 63.4 Å².